The maximum absolute atomic E-state index is 12.5. The molecule has 12 heteroatoms. The summed E-state index contributed by atoms with van der Waals surface area (Å²) >= 11 is 0. The maximum atomic E-state index is 12.5. The Morgan fingerprint density at radius 1 is 0.848 bits per heavy atom. The first-order valence-corrected chi connectivity index (χ1v) is 14.4. The minimum absolute atomic E-state index is 0.0762. The molecule has 4 fully saturated rings. The zero-order valence-electron chi connectivity index (χ0n) is 18.9. The predicted molar refractivity (Wildman–Crippen MR) is 116 cm³/mol. The van der Waals surface area contributed by atoms with E-state index < -0.39 is 39.6 Å². The number of hydrogen-bond acceptors (Lipinski definition) is 8. The van der Waals surface area contributed by atoms with Gasteiger partial charge >= 0.3 is 20.8 Å². The summed E-state index contributed by atoms with van der Waals surface area (Å²) in [5.74, 6) is -0.301. The zero-order chi connectivity index (χ0) is 24.4. The molecule has 0 amide bonds. The smallest absolute Gasteiger partial charge is 0.389 e. The molecule has 3 N–H and O–H groups in total. The third kappa shape index (κ3) is 4.64. The van der Waals surface area contributed by atoms with Crippen LogP contribution in [0, 0.1) is 40.4 Å². The second-order valence-electron chi connectivity index (χ2n) is 11.0. The molecule has 0 aliphatic heterocycles. The van der Waals surface area contributed by atoms with Gasteiger partial charge < -0.3 is 5.11 Å². The highest BCUT2D eigenvalue weighted by atomic mass is 32.3. The van der Waals surface area contributed by atoms with Crippen LogP contribution in [0.25, 0.3) is 0 Å². The zero-order valence-corrected chi connectivity index (χ0v) is 20.6. The Morgan fingerprint density at radius 2 is 1.45 bits per heavy atom. The fourth-order valence-corrected chi connectivity index (χ4v) is 9.44. The Balaban J connectivity index is 1.67. The van der Waals surface area contributed by atoms with Crippen LogP contribution in [0.5, 0.6) is 0 Å². The van der Waals surface area contributed by atoms with Crippen molar-refractivity contribution in [2.75, 3.05) is 6.61 Å². The van der Waals surface area contributed by atoms with Crippen molar-refractivity contribution in [1.29, 1.82) is 0 Å². The molecule has 0 unspecified atom stereocenters. The van der Waals surface area contributed by atoms with E-state index >= 15 is 0 Å². The van der Waals surface area contributed by atoms with Crippen LogP contribution in [-0.2, 0) is 34.0 Å². The van der Waals surface area contributed by atoms with Crippen molar-refractivity contribution in [3.05, 3.63) is 0 Å². The summed E-state index contributed by atoms with van der Waals surface area (Å²) in [6.07, 6.45) is 3.00. The lowest BCUT2D eigenvalue weighted by Gasteiger charge is -2.62. The molecule has 0 radical (unpaired) electrons. The Bertz CT molecular complexity index is 995. The quantitative estimate of drug-likeness (QED) is 0.451. The Kier molecular flexibility index (Phi) is 6.55. The lowest BCUT2D eigenvalue weighted by Crippen LogP contribution is -2.59. The first kappa shape index (κ1) is 25.5. The van der Waals surface area contributed by atoms with Gasteiger partial charge in [0.2, 0.25) is 0 Å². The van der Waals surface area contributed by atoms with Gasteiger partial charge in [0.1, 0.15) is 6.61 Å². The second kappa shape index (κ2) is 8.49. The summed E-state index contributed by atoms with van der Waals surface area (Å²) in [7, 11) is -9.41. The van der Waals surface area contributed by atoms with Gasteiger partial charge in [-0.05, 0) is 85.9 Å². The summed E-state index contributed by atoms with van der Waals surface area (Å²) in [6, 6.07) is 0. The van der Waals surface area contributed by atoms with Gasteiger partial charge in [0.05, 0.1) is 12.2 Å². The molecule has 4 saturated carbocycles. The minimum atomic E-state index is -4.75. The van der Waals surface area contributed by atoms with E-state index in [-0.39, 0.29) is 52.6 Å². The number of rotatable bonds is 6. The van der Waals surface area contributed by atoms with Crippen molar-refractivity contribution < 1.29 is 44.2 Å². The summed E-state index contributed by atoms with van der Waals surface area (Å²) < 4.78 is 74.6. The molecule has 4 aliphatic carbocycles. The third-order valence-electron chi connectivity index (χ3n) is 9.65. The van der Waals surface area contributed by atoms with Crippen molar-refractivity contribution in [2.45, 2.75) is 77.4 Å². The first-order chi connectivity index (χ1) is 15.2. The van der Waals surface area contributed by atoms with Crippen LogP contribution in [0.4, 0.5) is 0 Å². The average Bonchev–Trinajstić information content (AvgIpc) is 3.03. The Morgan fingerprint density at radius 3 is 2.06 bits per heavy atom. The van der Waals surface area contributed by atoms with Crippen molar-refractivity contribution in [3.63, 3.8) is 0 Å². The van der Waals surface area contributed by atoms with E-state index in [9.17, 15) is 31.3 Å². The molecule has 0 aromatic carbocycles. The van der Waals surface area contributed by atoms with E-state index in [1.54, 1.807) is 0 Å². The van der Waals surface area contributed by atoms with Gasteiger partial charge in [-0.1, -0.05) is 13.8 Å². The second-order valence-corrected chi connectivity index (χ2v) is 13.1. The molecule has 4 rings (SSSR count). The van der Waals surface area contributed by atoms with E-state index in [0.717, 1.165) is 19.3 Å². The largest absolute Gasteiger partial charge is 0.397 e. The molecule has 33 heavy (non-hydrogen) atoms. The molecule has 190 valence electrons. The van der Waals surface area contributed by atoms with Gasteiger partial charge in [0.25, 0.3) is 0 Å². The van der Waals surface area contributed by atoms with E-state index in [1.807, 2.05) is 0 Å². The number of carbonyl (C=O) groups is 1. The number of aliphatic hydroxyl groups is 1. The normalized spacial score (nSPS) is 45.7. The average molecular weight is 511 g/mol. The van der Waals surface area contributed by atoms with E-state index in [1.165, 1.54) is 0 Å². The number of hydrogen-bond donors (Lipinski definition) is 3. The van der Waals surface area contributed by atoms with Crippen LogP contribution in [-0.4, -0.2) is 55.6 Å². The predicted octanol–water partition coefficient (Wildman–Crippen LogP) is 2.19. The van der Waals surface area contributed by atoms with Gasteiger partial charge in [-0.25, -0.2) is 8.37 Å². The summed E-state index contributed by atoms with van der Waals surface area (Å²) in [6.45, 7) is 3.69. The maximum Gasteiger partial charge on any atom is 0.397 e. The number of ketones is 1. The standard InChI is InChI=1S/C21H34O10S2/c1-20-8-6-15-13(14(20)3-4-16(20)18(23)11-22)10-19(31-33(27,28)29)17-9-12(30-32(24,25)26)5-7-21(15,17)2/h12-17,19,22H,3-11H2,1-2H3,(H,24,25,26)(H,27,28,29)/t12-,13-,14-,15-,16+,17+,19-,20-,21+/m0/s1. The number of Topliss-reactive ketones (excluding diaryl/α,β-unsaturated/α-hetero) is 1. The molecule has 10 nitrogen and oxygen atoms in total. The van der Waals surface area contributed by atoms with Crippen LogP contribution in [0.3, 0.4) is 0 Å². The van der Waals surface area contributed by atoms with Gasteiger partial charge in [0, 0.05) is 5.92 Å². The van der Waals surface area contributed by atoms with Crippen molar-refractivity contribution in [2.24, 2.45) is 40.4 Å². The molecule has 0 heterocycles. The summed E-state index contributed by atoms with van der Waals surface area (Å²) in [5.41, 5.74) is -0.657. The highest BCUT2D eigenvalue weighted by molar-refractivity contribution is 7.81. The minimum Gasteiger partial charge on any atom is -0.389 e. The lowest BCUT2D eigenvalue weighted by molar-refractivity contribution is -0.165. The number of fused-ring (bicyclic) bond motifs is 5. The fraction of sp³-hybridized carbons (Fsp3) is 0.952. The Labute approximate surface area is 195 Å². The summed E-state index contributed by atoms with van der Waals surface area (Å²) in [4.78, 5) is 12.5. The first-order valence-electron chi connectivity index (χ1n) is 11.6. The monoisotopic (exact) mass is 510 g/mol. The fourth-order valence-electron chi connectivity index (χ4n) is 8.39. The van der Waals surface area contributed by atoms with Crippen molar-refractivity contribution in [1.82, 2.24) is 0 Å². The molecule has 0 aromatic heterocycles. The molecular weight excluding hydrogens is 476 g/mol. The lowest BCUT2D eigenvalue weighted by atomic mass is 9.44. The van der Waals surface area contributed by atoms with Gasteiger partial charge in [-0.2, -0.15) is 16.8 Å². The van der Waals surface area contributed by atoms with Crippen molar-refractivity contribution in [3.8, 4) is 0 Å². The highest BCUT2D eigenvalue weighted by Gasteiger charge is 2.63. The van der Waals surface area contributed by atoms with Gasteiger partial charge in [0.15, 0.2) is 5.78 Å². The van der Waals surface area contributed by atoms with E-state index in [2.05, 4.69) is 13.8 Å². The molecule has 0 saturated heterocycles. The van der Waals surface area contributed by atoms with Crippen LogP contribution in [0.15, 0.2) is 0 Å². The Hall–Kier alpha value is -0.630. The number of aliphatic hydroxyl groups excluding tert-OH is 1. The summed E-state index contributed by atoms with van der Waals surface area (Å²) in [5, 5.41) is 9.47. The van der Waals surface area contributed by atoms with Crippen LogP contribution >= 0.6 is 0 Å². The van der Waals surface area contributed by atoms with Gasteiger partial charge in [-0.15, -0.1) is 0 Å². The highest BCUT2D eigenvalue weighted by Crippen LogP contribution is 2.68. The molecule has 9 atom stereocenters. The molecule has 4 aliphatic rings. The molecule has 0 bridgehead atoms. The van der Waals surface area contributed by atoms with Crippen LogP contribution < -0.4 is 0 Å². The third-order valence-corrected chi connectivity index (χ3v) is 10.7. The van der Waals surface area contributed by atoms with Crippen LogP contribution in [0.2, 0.25) is 0 Å². The van der Waals surface area contributed by atoms with E-state index in [0.29, 0.717) is 25.7 Å². The molecule has 0 spiro atoms. The topological polar surface area (TPSA) is 164 Å². The molecule has 0 aromatic rings. The van der Waals surface area contributed by atoms with Gasteiger partial charge in [-0.3, -0.25) is 13.9 Å². The van der Waals surface area contributed by atoms with E-state index in [4.69, 9.17) is 12.9 Å². The number of carbonyl (C=O) groups excluding carboxylic acids is 1. The van der Waals surface area contributed by atoms with Crippen LogP contribution in [0.1, 0.15) is 65.2 Å². The molecular formula is C21H34O10S2. The van der Waals surface area contributed by atoms with Crippen molar-refractivity contribution >= 4 is 26.6 Å². The SMILES string of the molecule is C[C@]12CC[C@H](OS(=O)(=O)O)C[C@@H]1[C@@H](OS(=O)(=O)O)C[C@@H]1[C@@H]2CC[C@]2(C)[C@@H](C(=O)CO)CC[C@@H]12.